The minimum Gasteiger partial charge on any atom is -0.380 e. The van der Waals surface area contributed by atoms with Gasteiger partial charge in [-0.1, -0.05) is 11.8 Å². The van der Waals surface area contributed by atoms with E-state index in [9.17, 15) is 9.59 Å². The second kappa shape index (κ2) is 11.1. The van der Waals surface area contributed by atoms with Crippen LogP contribution in [0.4, 0.5) is 17.6 Å². The molecule has 3 N–H and O–H groups in total. The minimum absolute atomic E-state index is 0.0435. The minimum atomic E-state index is -0.128. The molecule has 1 aliphatic carbocycles. The summed E-state index contributed by atoms with van der Waals surface area (Å²) in [5, 5.41) is 9.80. The van der Waals surface area contributed by atoms with Crippen molar-refractivity contribution < 1.29 is 9.59 Å². The zero-order valence-electron chi connectivity index (χ0n) is 21.2. The van der Waals surface area contributed by atoms with Crippen LogP contribution in [-0.2, 0) is 9.59 Å². The molecule has 5 rings (SSSR count). The van der Waals surface area contributed by atoms with E-state index in [1.807, 2.05) is 14.0 Å². The first-order chi connectivity index (χ1) is 17.5. The summed E-state index contributed by atoms with van der Waals surface area (Å²) in [4.78, 5) is 42.1. The molecule has 10 nitrogen and oxygen atoms in total. The molecule has 0 aromatic carbocycles. The van der Waals surface area contributed by atoms with E-state index >= 15 is 0 Å². The van der Waals surface area contributed by atoms with Crippen molar-refractivity contribution in [1.29, 1.82) is 0 Å². The molecule has 1 unspecified atom stereocenters. The lowest BCUT2D eigenvalue weighted by molar-refractivity contribution is -0.116. The Hall–Kier alpha value is -2.79. The average molecular weight is 513 g/mol. The van der Waals surface area contributed by atoms with Gasteiger partial charge in [0, 0.05) is 64.5 Å². The largest absolute Gasteiger partial charge is 0.380 e. The summed E-state index contributed by atoms with van der Waals surface area (Å²) in [5.41, 5.74) is 0.809. The zero-order chi connectivity index (χ0) is 25.1. The third-order valence-corrected chi connectivity index (χ3v) is 8.08. The lowest BCUT2D eigenvalue weighted by atomic mass is 10.1. The standard InChI is InChI=1S/C25H36N8O2S/c1-17-28-22-23(35)18(15-19(34)24(22)36-17)26-7-13-31(2)14-8-27-20-16-21(32-9-3-4-10-32)30-25(29-20)33-11-5-6-12-33/h15-17,26,28H,3-14H2,1-2H3,(H,27,29,30). The predicted octanol–water partition coefficient (Wildman–Crippen LogP) is 1.54. The van der Waals surface area contributed by atoms with Gasteiger partial charge in [0.25, 0.3) is 0 Å². The summed E-state index contributed by atoms with van der Waals surface area (Å²) in [7, 11) is 2.05. The van der Waals surface area contributed by atoms with Gasteiger partial charge in [-0.05, 0) is 39.7 Å². The maximum atomic E-state index is 12.7. The fourth-order valence-electron chi connectivity index (χ4n) is 4.96. The van der Waals surface area contributed by atoms with Gasteiger partial charge < -0.3 is 30.7 Å². The molecule has 1 aromatic rings. The van der Waals surface area contributed by atoms with Crippen molar-refractivity contribution in [3.8, 4) is 0 Å². The van der Waals surface area contributed by atoms with Gasteiger partial charge in [-0.2, -0.15) is 9.97 Å². The first-order valence-corrected chi connectivity index (χ1v) is 13.9. The van der Waals surface area contributed by atoms with E-state index in [2.05, 4.69) is 36.7 Å². The van der Waals surface area contributed by atoms with Crippen molar-refractivity contribution in [1.82, 2.24) is 25.5 Å². The summed E-state index contributed by atoms with van der Waals surface area (Å²) in [6.45, 7) is 9.01. The number of carbonyl (C=O) groups is 2. The SMILES string of the molecule is CC1NC2=C(S1)C(=O)C=C(NCCN(C)CCNc1cc(N3CCCC3)nc(N3CCCC3)n1)C2=O. The number of nitrogens with one attached hydrogen (secondary N) is 3. The molecule has 2 saturated heterocycles. The van der Waals surface area contributed by atoms with Crippen LogP contribution in [0.15, 0.2) is 28.4 Å². The van der Waals surface area contributed by atoms with Gasteiger partial charge in [-0.3, -0.25) is 9.59 Å². The van der Waals surface area contributed by atoms with Crippen LogP contribution in [0, 0.1) is 0 Å². The molecule has 2 fully saturated rings. The van der Waals surface area contributed by atoms with Crippen LogP contribution in [0.25, 0.3) is 0 Å². The van der Waals surface area contributed by atoms with Gasteiger partial charge in [0.05, 0.1) is 16.0 Å². The number of hydrogen-bond donors (Lipinski definition) is 3. The normalized spacial score (nSPS) is 21.9. The number of anilines is 3. The molecule has 3 aliphatic heterocycles. The number of aromatic nitrogens is 2. The Bertz CT molecular complexity index is 1030. The van der Waals surface area contributed by atoms with Crippen LogP contribution in [-0.4, -0.2) is 91.2 Å². The lowest BCUT2D eigenvalue weighted by Crippen LogP contribution is -2.36. The Labute approximate surface area is 217 Å². The highest BCUT2D eigenvalue weighted by Crippen LogP contribution is 2.34. The van der Waals surface area contributed by atoms with Crippen LogP contribution < -0.4 is 25.8 Å². The third kappa shape index (κ3) is 5.62. The molecule has 194 valence electrons. The maximum absolute atomic E-state index is 12.7. The first kappa shape index (κ1) is 24.9. The van der Waals surface area contributed by atoms with Crippen molar-refractivity contribution in [3.63, 3.8) is 0 Å². The number of Topliss-reactive ketones (excluding diaryl/α,β-unsaturated/α-hetero) is 1. The van der Waals surface area contributed by atoms with Crippen LogP contribution >= 0.6 is 11.8 Å². The molecule has 4 heterocycles. The zero-order valence-corrected chi connectivity index (χ0v) is 22.0. The van der Waals surface area contributed by atoms with E-state index in [4.69, 9.17) is 9.97 Å². The molecular weight excluding hydrogens is 476 g/mol. The maximum Gasteiger partial charge on any atom is 0.229 e. The molecule has 0 bridgehead atoms. The smallest absolute Gasteiger partial charge is 0.229 e. The van der Waals surface area contributed by atoms with Crippen molar-refractivity contribution in [2.24, 2.45) is 0 Å². The van der Waals surface area contributed by atoms with Gasteiger partial charge in [-0.25, -0.2) is 0 Å². The van der Waals surface area contributed by atoms with E-state index in [0.717, 1.165) is 63.4 Å². The Morgan fingerprint density at radius 3 is 2.42 bits per heavy atom. The fraction of sp³-hybridized carbons (Fsp3) is 0.600. The van der Waals surface area contributed by atoms with Crippen LogP contribution in [0.1, 0.15) is 32.6 Å². The number of nitrogens with zero attached hydrogens (tertiary/aromatic N) is 5. The molecule has 36 heavy (non-hydrogen) atoms. The van der Waals surface area contributed by atoms with E-state index in [0.29, 0.717) is 22.8 Å². The van der Waals surface area contributed by atoms with E-state index in [1.54, 1.807) is 0 Å². The Kier molecular flexibility index (Phi) is 7.66. The summed E-state index contributed by atoms with van der Waals surface area (Å²) >= 11 is 1.41. The second-order valence-corrected chi connectivity index (χ2v) is 11.2. The monoisotopic (exact) mass is 512 g/mol. The van der Waals surface area contributed by atoms with Crippen molar-refractivity contribution in [2.45, 2.75) is 38.0 Å². The number of likely N-dealkylation sites (N-methyl/N-ethyl adjacent to an activating group) is 1. The van der Waals surface area contributed by atoms with Crippen LogP contribution in [0.3, 0.4) is 0 Å². The number of ketones is 2. The van der Waals surface area contributed by atoms with E-state index in [1.165, 1.54) is 43.5 Å². The molecule has 11 heteroatoms. The fourth-order valence-corrected chi connectivity index (χ4v) is 5.93. The molecule has 0 radical (unpaired) electrons. The number of carbonyl (C=O) groups excluding carboxylic acids is 2. The van der Waals surface area contributed by atoms with Crippen molar-refractivity contribution in [3.05, 3.63) is 28.4 Å². The number of allylic oxidation sites excluding steroid dienone is 2. The molecule has 4 aliphatic rings. The van der Waals surface area contributed by atoms with E-state index in [-0.39, 0.29) is 16.9 Å². The van der Waals surface area contributed by atoms with Crippen LogP contribution in [0.2, 0.25) is 0 Å². The van der Waals surface area contributed by atoms with Crippen molar-refractivity contribution >= 4 is 40.9 Å². The third-order valence-electron chi connectivity index (χ3n) is 6.97. The van der Waals surface area contributed by atoms with Gasteiger partial charge in [-0.15, -0.1) is 0 Å². The molecule has 1 atom stereocenters. The summed E-state index contributed by atoms with van der Waals surface area (Å²) < 4.78 is 0. The Balaban J connectivity index is 1.10. The molecule has 0 amide bonds. The average Bonchev–Trinajstić information content (AvgIpc) is 3.64. The Morgan fingerprint density at radius 1 is 1.03 bits per heavy atom. The van der Waals surface area contributed by atoms with Crippen molar-refractivity contribution in [2.75, 3.05) is 74.5 Å². The number of rotatable bonds is 10. The number of thioether (sulfide) groups is 1. The summed E-state index contributed by atoms with van der Waals surface area (Å²) in [5.74, 6) is 2.50. The lowest BCUT2D eigenvalue weighted by Gasteiger charge is -2.23. The molecular formula is C25H36N8O2S. The first-order valence-electron chi connectivity index (χ1n) is 13.0. The summed E-state index contributed by atoms with van der Waals surface area (Å²) in [6.07, 6.45) is 6.26. The highest BCUT2D eigenvalue weighted by Gasteiger charge is 2.35. The highest BCUT2D eigenvalue weighted by molar-refractivity contribution is 8.04. The molecule has 0 spiro atoms. The topological polar surface area (TPSA) is 106 Å². The van der Waals surface area contributed by atoms with E-state index < -0.39 is 0 Å². The van der Waals surface area contributed by atoms with Gasteiger partial charge in [0.2, 0.25) is 11.7 Å². The van der Waals surface area contributed by atoms with Gasteiger partial charge in [0.15, 0.2) is 5.78 Å². The van der Waals surface area contributed by atoms with Crippen LogP contribution in [0.5, 0.6) is 0 Å². The van der Waals surface area contributed by atoms with Gasteiger partial charge in [0.1, 0.15) is 17.3 Å². The molecule has 1 aromatic heterocycles. The quantitative estimate of drug-likeness (QED) is 0.398. The highest BCUT2D eigenvalue weighted by atomic mass is 32.2. The second-order valence-electron chi connectivity index (χ2n) is 9.82. The predicted molar refractivity (Wildman–Crippen MR) is 144 cm³/mol. The van der Waals surface area contributed by atoms with Gasteiger partial charge >= 0.3 is 0 Å². The number of hydrogen-bond acceptors (Lipinski definition) is 11. The Morgan fingerprint density at radius 2 is 1.69 bits per heavy atom. The molecule has 0 saturated carbocycles. The summed E-state index contributed by atoms with van der Waals surface area (Å²) in [6, 6.07) is 2.07.